The van der Waals surface area contributed by atoms with Crippen LogP contribution in [-0.4, -0.2) is 21.2 Å². The summed E-state index contributed by atoms with van der Waals surface area (Å²) in [6, 6.07) is 7.62. The lowest BCUT2D eigenvalue weighted by molar-refractivity contribution is 0.718. The summed E-state index contributed by atoms with van der Waals surface area (Å²) in [6.07, 6.45) is 0.935. The van der Waals surface area contributed by atoms with Gasteiger partial charge in [0.15, 0.2) is 5.17 Å². The van der Waals surface area contributed by atoms with Crippen molar-refractivity contribution in [3.05, 3.63) is 50.8 Å². The first-order valence-electron chi connectivity index (χ1n) is 8.20. The molecule has 2 heterocycles. The van der Waals surface area contributed by atoms with Crippen LogP contribution >= 0.6 is 34.7 Å². The first-order chi connectivity index (χ1) is 12.5. The molecule has 0 unspecified atom stereocenters. The fraction of sp³-hybridized carbons (Fsp3) is 0.278. The molecule has 0 amide bonds. The van der Waals surface area contributed by atoms with Gasteiger partial charge in [-0.1, -0.05) is 42.4 Å². The van der Waals surface area contributed by atoms with Gasteiger partial charge in [0.25, 0.3) is 5.56 Å². The number of hydrogen-bond donors (Lipinski definition) is 2. The summed E-state index contributed by atoms with van der Waals surface area (Å²) in [7, 11) is 0. The minimum Gasteiger partial charge on any atom is -0.379 e. The van der Waals surface area contributed by atoms with Gasteiger partial charge in [0.2, 0.25) is 0 Å². The quantitative estimate of drug-likeness (QED) is 0.477. The van der Waals surface area contributed by atoms with Crippen LogP contribution in [0.4, 0.5) is 0 Å². The molecule has 2 aromatic heterocycles. The number of fused-ring (bicyclic) bond motifs is 1. The average Bonchev–Trinajstić information content (AvgIpc) is 3.05. The van der Waals surface area contributed by atoms with E-state index >= 15 is 0 Å². The third-order valence-corrected chi connectivity index (χ3v) is 5.89. The Kier molecular flexibility index (Phi) is 6.01. The van der Waals surface area contributed by atoms with E-state index in [0.717, 1.165) is 17.5 Å². The Morgan fingerprint density at radius 2 is 2.15 bits per heavy atom. The number of H-pyrrole nitrogens is 1. The number of benzene rings is 1. The monoisotopic (exact) mass is 406 g/mol. The number of aliphatic imine (C=N–C) groups is 1. The number of aromatic nitrogens is 2. The highest BCUT2D eigenvalue weighted by Crippen LogP contribution is 2.31. The summed E-state index contributed by atoms with van der Waals surface area (Å²) >= 11 is 8.78. The molecule has 3 rings (SSSR count). The largest absolute Gasteiger partial charge is 0.379 e. The molecule has 0 aliphatic rings. The molecule has 0 saturated carbocycles. The van der Waals surface area contributed by atoms with Gasteiger partial charge in [0, 0.05) is 22.0 Å². The molecule has 0 aliphatic heterocycles. The maximum absolute atomic E-state index is 12.6. The Labute approximate surface area is 164 Å². The van der Waals surface area contributed by atoms with Gasteiger partial charge in [0.1, 0.15) is 10.7 Å². The highest BCUT2D eigenvalue weighted by atomic mass is 35.5. The van der Waals surface area contributed by atoms with E-state index in [1.54, 1.807) is 0 Å². The molecule has 8 heteroatoms. The van der Waals surface area contributed by atoms with Crippen LogP contribution in [0.2, 0.25) is 5.02 Å². The lowest BCUT2D eigenvalue weighted by atomic mass is 10.1. The highest BCUT2D eigenvalue weighted by molar-refractivity contribution is 8.13. The normalized spacial score (nSPS) is 13.3. The molecule has 0 aliphatic carbocycles. The maximum Gasteiger partial charge on any atom is 0.260 e. The number of halogens is 1. The number of aromatic amines is 1. The van der Waals surface area contributed by atoms with Gasteiger partial charge >= 0.3 is 0 Å². The van der Waals surface area contributed by atoms with Gasteiger partial charge in [0.05, 0.1) is 11.1 Å². The SMILES string of the molecule is CC[C@H](C)N=C(N)SCc1nc2scc(-c3ccc(Cl)cc3)c2c(=O)[nH]1. The molecule has 1 atom stereocenters. The summed E-state index contributed by atoms with van der Waals surface area (Å²) < 4.78 is 0. The lowest BCUT2D eigenvalue weighted by Gasteiger charge is -2.05. The fourth-order valence-corrected chi connectivity index (χ4v) is 4.16. The van der Waals surface area contributed by atoms with E-state index in [1.807, 2.05) is 36.6 Å². The topological polar surface area (TPSA) is 84.1 Å². The Hall–Kier alpha value is -1.83. The first kappa shape index (κ1) is 18.9. The summed E-state index contributed by atoms with van der Waals surface area (Å²) in [5.74, 6) is 1.07. The van der Waals surface area contributed by atoms with E-state index in [4.69, 9.17) is 17.3 Å². The molecule has 3 N–H and O–H groups in total. The van der Waals surface area contributed by atoms with Gasteiger partial charge in [-0.25, -0.2) is 4.98 Å². The molecule has 0 radical (unpaired) electrons. The molecular formula is C18H19ClN4OS2. The van der Waals surface area contributed by atoms with E-state index < -0.39 is 0 Å². The van der Waals surface area contributed by atoms with Crippen molar-refractivity contribution in [2.75, 3.05) is 0 Å². The maximum atomic E-state index is 12.6. The second-order valence-corrected chi connectivity index (χ2v) is 8.15. The van der Waals surface area contributed by atoms with Gasteiger partial charge < -0.3 is 10.7 Å². The van der Waals surface area contributed by atoms with E-state index in [-0.39, 0.29) is 11.6 Å². The molecule has 0 spiro atoms. The molecule has 0 saturated heterocycles. The van der Waals surface area contributed by atoms with Crippen LogP contribution < -0.4 is 11.3 Å². The van der Waals surface area contributed by atoms with Crippen molar-refractivity contribution in [2.45, 2.75) is 32.1 Å². The van der Waals surface area contributed by atoms with Crippen LogP contribution in [0.1, 0.15) is 26.1 Å². The number of rotatable bonds is 5. The number of nitrogens with one attached hydrogen (secondary N) is 1. The van der Waals surface area contributed by atoms with Crippen molar-refractivity contribution in [2.24, 2.45) is 10.7 Å². The van der Waals surface area contributed by atoms with Crippen molar-refractivity contribution in [1.82, 2.24) is 9.97 Å². The predicted octanol–water partition coefficient (Wildman–Crippen LogP) is 4.65. The van der Waals surface area contributed by atoms with Crippen LogP contribution in [-0.2, 0) is 5.75 Å². The minimum atomic E-state index is -0.144. The number of nitrogens with zero attached hydrogens (tertiary/aromatic N) is 2. The van der Waals surface area contributed by atoms with E-state index in [0.29, 0.717) is 32.0 Å². The first-order valence-corrected chi connectivity index (χ1v) is 10.4. The molecule has 0 bridgehead atoms. The van der Waals surface area contributed by atoms with Gasteiger partial charge in [-0.15, -0.1) is 11.3 Å². The fourth-order valence-electron chi connectivity index (χ4n) is 2.39. The van der Waals surface area contributed by atoms with Crippen LogP contribution in [0.15, 0.2) is 39.4 Å². The Morgan fingerprint density at radius 1 is 1.42 bits per heavy atom. The van der Waals surface area contributed by atoms with E-state index in [1.165, 1.54) is 23.1 Å². The average molecular weight is 407 g/mol. The molecule has 136 valence electrons. The zero-order valence-electron chi connectivity index (χ0n) is 14.5. The summed E-state index contributed by atoms with van der Waals surface area (Å²) in [5, 5.41) is 3.73. The zero-order valence-corrected chi connectivity index (χ0v) is 16.8. The van der Waals surface area contributed by atoms with Gasteiger partial charge in [-0.2, -0.15) is 0 Å². The van der Waals surface area contributed by atoms with Crippen molar-refractivity contribution in [3.8, 4) is 11.1 Å². The standard InChI is InChI=1S/C18H19ClN4OS2/c1-3-10(2)21-18(20)26-9-14-22-16(24)15-13(8-25-17(15)23-14)11-4-6-12(19)7-5-11/h4-8,10H,3,9H2,1-2H3,(H2,20,21)(H,22,23,24)/t10-/m0/s1. The predicted molar refractivity (Wildman–Crippen MR) is 113 cm³/mol. The van der Waals surface area contributed by atoms with Gasteiger partial charge in [-0.3, -0.25) is 9.79 Å². The lowest BCUT2D eigenvalue weighted by Crippen LogP contribution is -2.14. The third kappa shape index (κ3) is 4.28. The van der Waals surface area contributed by atoms with Gasteiger partial charge in [-0.05, 0) is 31.0 Å². The summed E-state index contributed by atoms with van der Waals surface area (Å²) in [5.41, 5.74) is 7.59. The summed E-state index contributed by atoms with van der Waals surface area (Å²) in [6.45, 7) is 4.08. The second-order valence-electron chi connectivity index (χ2n) is 5.86. The number of thiophene rings is 1. The second kappa shape index (κ2) is 8.24. The Morgan fingerprint density at radius 3 is 2.85 bits per heavy atom. The molecule has 26 heavy (non-hydrogen) atoms. The number of hydrogen-bond acceptors (Lipinski definition) is 5. The zero-order chi connectivity index (χ0) is 18.7. The van der Waals surface area contributed by atoms with Crippen molar-refractivity contribution in [3.63, 3.8) is 0 Å². The van der Waals surface area contributed by atoms with E-state index in [2.05, 4.69) is 21.9 Å². The van der Waals surface area contributed by atoms with Crippen molar-refractivity contribution < 1.29 is 0 Å². The van der Waals surface area contributed by atoms with Crippen molar-refractivity contribution >= 4 is 50.1 Å². The van der Waals surface area contributed by atoms with Crippen LogP contribution in [0.5, 0.6) is 0 Å². The number of amidine groups is 1. The molecule has 0 fully saturated rings. The van der Waals surface area contributed by atoms with Crippen LogP contribution in [0.25, 0.3) is 21.3 Å². The van der Waals surface area contributed by atoms with Crippen LogP contribution in [0.3, 0.4) is 0 Å². The molecule has 1 aromatic carbocycles. The smallest absolute Gasteiger partial charge is 0.260 e. The summed E-state index contributed by atoms with van der Waals surface area (Å²) in [4.78, 5) is 25.1. The Bertz CT molecular complexity index is 995. The van der Waals surface area contributed by atoms with Crippen molar-refractivity contribution in [1.29, 1.82) is 0 Å². The molecule has 3 aromatic rings. The molecule has 5 nitrogen and oxygen atoms in total. The number of thioether (sulfide) groups is 1. The highest BCUT2D eigenvalue weighted by Gasteiger charge is 2.13. The number of nitrogens with two attached hydrogens (primary N) is 1. The van der Waals surface area contributed by atoms with E-state index in [9.17, 15) is 4.79 Å². The molecular weight excluding hydrogens is 388 g/mol. The Balaban J connectivity index is 1.87. The third-order valence-electron chi connectivity index (χ3n) is 3.94. The minimum absolute atomic E-state index is 0.144. The van der Waals surface area contributed by atoms with Crippen LogP contribution in [0, 0.1) is 0 Å².